The van der Waals surface area contributed by atoms with Crippen LogP contribution in [0.1, 0.15) is 12.5 Å². The Morgan fingerprint density at radius 2 is 1.62 bits per heavy atom. The number of alkyl halides is 3. The van der Waals surface area contributed by atoms with Gasteiger partial charge in [0.05, 0.1) is 17.6 Å². The highest BCUT2D eigenvalue weighted by Crippen LogP contribution is 2.30. The molecule has 29 heavy (non-hydrogen) atoms. The minimum Gasteiger partial charge on any atom is -0.339 e. The van der Waals surface area contributed by atoms with Crippen LogP contribution in [0.5, 0.6) is 0 Å². The molecule has 10 heteroatoms. The monoisotopic (exact) mass is 408 g/mol. The molecule has 1 aliphatic rings. The molecule has 0 N–H and O–H groups in total. The second kappa shape index (κ2) is 8.06. The number of benzene rings is 1. The summed E-state index contributed by atoms with van der Waals surface area (Å²) in [5.74, 6) is -0.309. The summed E-state index contributed by atoms with van der Waals surface area (Å²) in [5, 5.41) is 0. The van der Waals surface area contributed by atoms with Crippen LogP contribution in [0.3, 0.4) is 0 Å². The van der Waals surface area contributed by atoms with Gasteiger partial charge < -0.3 is 9.80 Å². The van der Waals surface area contributed by atoms with Crippen molar-refractivity contribution in [2.75, 3.05) is 26.2 Å². The van der Waals surface area contributed by atoms with Gasteiger partial charge >= 0.3 is 6.18 Å². The fourth-order valence-electron chi connectivity index (χ4n) is 3.05. The van der Waals surface area contributed by atoms with Crippen LogP contribution in [-0.2, 0) is 22.3 Å². The quantitative estimate of drug-likeness (QED) is 0.774. The van der Waals surface area contributed by atoms with E-state index in [1.165, 1.54) is 31.5 Å². The molecule has 0 spiro atoms. The topological polar surface area (TPSA) is 75.5 Å². The second-order valence-corrected chi connectivity index (χ2v) is 6.70. The summed E-state index contributed by atoms with van der Waals surface area (Å²) in [6, 6.07) is 5.52. The van der Waals surface area contributed by atoms with Crippen molar-refractivity contribution in [3.8, 4) is 11.3 Å². The van der Waals surface area contributed by atoms with E-state index in [2.05, 4.69) is 4.98 Å². The highest BCUT2D eigenvalue weighted by Gasteiger charge is 2.30. The minimum atomic E-state index is -4.44. The second-order valence-electron chi connectivity index (χ2n) is 6.70. The molecule has 2 amide bonds. The Morgan fingerprint density at radius 3 is 2.14 bits per heavy atom. The molecule has 154 valence electrons. The van der Waals surface area contributed by atoms with Crippen LogP contribution >= 0.6 is 0 Å². The van der Waals surface area contributed by atoms with Crippen molar-refractivity contribution in [1.29, 1.82) is 0 Å². The third kappa shape index (κ3) is 4.82. The third-order valence-corrected chi connectivity index (χ3v) is 4.77. The van der Waals surface area contributed by atoms with Gasteiger partial charge in [0.15, 0.2) is 0 Å². The summed E-state index contributed by atoms with van der Waals surface area (Å²) < 4.78 is 39.1. The van der Waals surface area contributed by atoms with Gasteiger partial charge in [-0.2, -0.15) is 13.2 Å². The Bertz CT molecular complexity index is 962. The molecule has 0 aliphatic carbocycles. The number of halogens is 3. The maximum atomic E-state index is 12.7. The van der Waals surface area contributed by atoms with E-state index in [9.17, 15) is 27.6 Å². The lowest BCUT2D eigenvalue weighted by atomic mass is 10.1. The van der Waals surface area contributed by atoms with Crippen LogP contribution in [0.4, 0.5) is 13.2 Å². The van der Waals surface area contributed by atoms with Gasteiger partial charge in [0.2, 0.25) is 11.8 Å². The summed E-state index contributed by atoms with van der Waals surface area (Å²) >= 11 is 0. The number of rotatable bonds is 3. The van der Waals surface area contributed by atoms with Crippen molar-refractivity contribution in [3.05, 3.63) is 52.6 Å². The van der Waals surface area contributed by atoms with Crippen molar-refractivity contribution < 1.29 is 22.8 Å². The van der Waals surface area contributed by atoms with Crippen LogP contribution in [0.15, 0.2) is 41.5 Å². The Morgan fingerprint density at radius 1 is 1.03 bits per heavy atom. The van der Waals surface area contributed by atoms with Gasteiger partial charge in [-0.1, -0.05) is 12.1 Å². The van der Waals surface area contributed by atoms with E-state index in [1.807, 2.05) is 0 Å². The summed E-state index contributed by atoms with van der Waals surface area (Å²) in [6.45, 7) is 2.96. The normalized spacial score (nSPS) is 14.8. The van der Waals surface area contributed by atoms with Crippen molar-refractivity contribution >= 4 is 11.8 Å². The molecule has 0 unspecified atom stereocenters. The molecule has 0 bridgehead atoms. The number of hydrogen-bond acceptors (Lipinski definition) is 4. The summed E-state index contributed by atoms with van der Waals surface area (Å²) in [4.78, 5) is 43.4. The fraction of sp³-hybridized carbons (Fsp3) is 0.368. The molecule has 1 aliphatic heterocycles. The number of amides is 2. The first-order valence-electron chi connectivity index (χ1n) is 8.92. The van der Waals surface area contributed by atoms with Crippen molar-refractivity contribution in [2.45, 2.75) is 19.6 Å². The highest BCUT2D eigenvalue weighted by atomic mass is 19.4. The third-order valence-electron chi connectivity index (χ3n) is 4.77. The van der Waals surface area contributed by atoms with Crippen LogP contribution in [0, 0.1) is 0 Å². The summed E-state index contributed by atoms with van der Waals surface area (Å²) in [6.07, 6.45) is -3.23. The standard InChI is InChI=1S/C19H19F3N4O3/c1-13(27)24-6-8-25(9-7-24)18(29)11-26-12-23-16(10-17(26)28)14-2-4-15(5-3-14)19(20,21)22/h2-5,10,12H,6-9,11H2,1H3. The van der Waals surface area contributed by atoms with Crippen molar-refractivity contribution in [3.63, 3.8) is 0 Å². The number of piperazine rings is 1. The van der Waals surface area contributed by atoms with Gasteiger partial charge in [0.25, 0.3) is 5.56 Å². The first kappa shape index (κ1) is 20.6. The van der Waals surface area contributed by atoms with Crippen LogP contribution in [0.2, 0.25) is 0 Å². The van der Waals surface area contributed by atoms with E-state index in [0.29, 0.717) is 31.7 Å². The maximum Gasteiger partial charge on any atom is 0.416 e. The molecular formula is C19H19F3N4O3. The number of aromatic nitrogens is 2. The van der Waals surface area contributed by atoms with Crippen LogP contribution < -0.4 is 5.56 Å². The molecule has 1 aromatic carbocycles. The molecule has 2 heterocycles. The summed E-state index contributed by atoms with van der Waals surface area (Å²) in [5.41, 5.74) is -0.674. The van der Waals surface area contributed by atoms with Crippen LogP contribution in [-0.4, -0.2) is 57.3 Å². The van der Waals surface area contributed by atoms with Gasteiger partial charge in [-0.25, -0.2) is 4.98 Å². The average Bonchev–Trinajstić information content (AvgIpc) is 2.69. The first-order valence-corrected chi connectivity index (χ1v) is 8.92. The molecule has 0 radical (unpaired) electrons. The van der Waals surface area contributed by atoms with Gasteiger partial charge in [-0.15, -0.1) is 0 Å². The van der Waals surface area contributed by atoms with E-state index in [0.717, 1.165) is 16.7 Å². The van der Waals surface area contributed by atoms with E-state index in [1.54, 1.807) is 9.80 Å². The number of nitrogens with zero attached hydrogens (tertiary/aromatic N) is 4. The van der Waals surface area contributed by atoms with Crippen molar-refractivity contribution in [1.82, 2.24) is 19.4 Å². The zero-order valence-corrected chi connectivity index (χ0v) is 15.6. The van der Waals surface area contributed by atoms with Crippen LogP contribution in [0.25, 0.3) is 11.3 Å². The summed E-state index contributed by atoms with van der Waals surface area (Å²) in [7, 11) is 0. The predicted octanol–water partition coefficient (Wildman–Crippen LogP) is 1.62. The highest BCUT2D eigenvalue weighted by molar-refractivity contribution is 5.77. The molecule has 1 fully saturated rings. The van der Waals surface area contributed by atoms with E-state index in [-0.39, 0.29) is 24.1 Å². The van der Waals surface area contributed by atoms with E-state index >= 15 is 0 Å². The first-order chi connectivity index (χ1) is 13.6. The Hall–Kier alpha value is -3.17. The maximum absolute atomic E-state index is 12.7. The van der Waals surface area contributed by atoms with Gasteiger partial charge in [0.1, 0.15) is 6.54 Å². The molecule has 3 rings (SSSR count). The zero-order valence-electron chi connectivity index (χ0n) is 15.6. The number of hydrogen-bond donors (Lipinski definition) is 0. The Balaban J connectivity index is 1.68. The largest absolute Gasteiger partial charge is 0.416 e. The zero-order chi connectivity index (χ0) is 21.2. The predicted molar refractivity (Wildman–Crippen MR) is 97.8 cm³/mol. The fourth-order valence-corrected chi connectivity index (χ4v) is 3.05. The minimum absolute atomic E-state index is 0.0450. The lowest BCUT2D eigenvalue weighted by Gasteiger charge is -2.34. The SMILES string of the molecule is CC(=O)N1CCN(C(=O)Cn2cnc(-c3ccc(C(F)(F)F)cc3)cc2=O)CC1. The molecular weight excluding hydrogens is 389 g/mol. The molecule has 1 aromatic heterocycles. The molecule has 0 saturated carbocycles. The van der Waals surface area contributed by atoms with E-state index in [4.69, 9.17) is 0 Å². The van der Waals surface area contributed by atoms with Gasteiger partial charge in [-0.05, 0) is 12.1 Å². The molecule has 1 saturated heterocycles. The van der Waals surface area contributed by atoms with E-state index < -0.39 is 17.3 Å². The lowest BCUT2D eigenvalue weighted by Crippen LogP contribution is -2.51. The molecule has 2 aromatic rings. The van der Waals surface area contributed by atoms with Gasteiger partial charge in [-0.3, -0.25) is 19.0 Å². The number of carbonyl (C=O) groups is 2. The smallest absolute Gasteiger partial charge is 0.339 e. The molecule has 0 atom stereocenters. The van der Waals surface area contributed by atoms with Gasteiger partial charge in [0, 0.05) is 44.7 Å². The van der Waals surface area contributed by atoms with Crippen molar-refractivity contribution in [2.24, 2.45) is 0 Å². The number of carbonyl (C=O) groups excluding carboxylic acids is 2. The molecule has 7 nitrogen and oxygen atoms in total. The Kier molecular flexibility index (Phi) is 5.71. The lowest BCUT2D eigenvalue weighted by molar-refractivity contribution is -0.138. The Labute approximate surface area is 164 Å². The average molecular weight is 408 g/mol.